The molecule has 0 fully saturated rings. The summed E-state index contributed by atoms with van der Waals surface area (Å²) in [5.41, 5.74) is 2.18. The van der Waals surface area contributed by atoms with Crippen LogP contribution in [0.25, 0.3) is 11.4 Å². The minimum Gasteiger partial charge on any atom is -0.497 e. The summed E-state index contributed by atoms with van der Waals surface area (Å²) in [6, 6.07) is 22.5. The van der Waals surface area contributed by atoms with Crippen LogP contribution < -0.4 is 10.1 Å². The first-order valence-corrected chi connectivity index (χ1v) is 10.4. The Labute approximate surface area is 182 Å². The van der Waals surface area contributed by atoms with Gasteiger partial charge < -0.3 is 10.1 Å². The van der Waals surface area contributed by atoms with E-state index in [0.29, 0.717) is 16.7 Å². The van der Waals surface area contributed by atoms with E-state index >= 15 is 0 Å². The van der Waals surface area contributed by atoms with Gasteiger partial charge in [0.2, 0.25) is 11.1 Å². The van der Waals surface area contributed by atoms with Crippen molar-refractivity contribution in [3.63, 3.8) is 0 Å². The number of benzene rings is 3. The van der Waals surface area contributed by atoms with Gasteiger partial charge in [0.05, 0.1) is 7.11 Å². The van der Waals surface area contributed by atoms with Crippen molar-refractivity contribution in [1.29, 1.82) is 0 Å². The SMILES string of the molecule is COc1ccc(-c2nc(S[C@H](C(=O)Nc3ccc(F)cc3)c3ccccc3)n[nH]2)cc1. The summed E-state index contributed by atoms with van der Waals surface area (Å²) in [7, 11) is 1.61. The Morgan fingerprint density at radius 2 is 1.74 bits per heavy atom. The first-order valence-electron chi connectivity index (χ1n) is 9.47. The fourth-order valence-corrected chi connectivity index (χ4v) is 3.84. The Morgan fingerprint density at radius 1 is 1.03 bits per heavy atom. The van der Waals surface area contributed by atoms with Crippen LogP contribution in [0.2, 0.25) is 0 Å². The topological polar surface area (TPSA) is 79.9 Å². The van der Waals surface area contributed by atoms with Gasteiger partial charge in [-0.1, -0.05) is 42.1 Å². The molecule has 0 saturated heterocycles. The van der Waals surface area contributed by atoms with Crippen LogP contribution in [-0.2, 0) is 4.79 Å². The Morgan fingerprint density at radius 3 is 2.42 bits per heavy atom. The van der Waals surface area contributed by atoms with E-state index in [1.165, 1.54) is 36.0 Å². The number of hydrogen-bond donors (Lipinski definition) is 2. The molecule has 0 bridgehead atoms. The molecule has 0 aliphatic heterocycles. The van der Waals surface area contributed by atoms with Crippen LogP contribution in [0, 0.1) is 5.82 Å². The molecule has 6 nitrogen and oxygen atoms in total. The summed E-state index contributed by atoms with van der Waals surface area (Å²) in [4.78, 5) is 17.6. The zero-order valence-electron chi connectivity index (χ0n) is 16.6. The highest BCUT2D eigenvalue weighted by molar-refractivity contribution is 8.00. The number of carbonyl (C=O) groups excluding carboxylic acids is 1. The van der Waals surface area contributed by atoms with Crippen LogP contribution in [-0.4, -0.2) is 28.2 Å². The van der Waals surface area contributed by atoms with E-state index in [1.54, 1.807) is 7.11 Å². The van der Waals surface area contributed by atoms with Crippen molar-refractivity contribution < 1.29 is 13.9 Å². The lowest BCUT2D eigenvalue weighted by Crippen LogP contribution is -2.19. The monoisotopic (exact) mass is 434 g/mol. The van der Waals surface area contributed by atoms with Gasteiger partial charge in [0.25, 0.3) is 0 Å². The zero-order valence-corrected chi connectivity index (χ0v) is 17.4. The van der Waals surface area contributed by atoms with E-state index in [0.717, 1.165) is 16.9 Å². The number of halogens is 1. The highest BCUT2D eigenvalue weighted by atomic mass is 32.2. The van der Waals surface area contributed by atoms with Crippen LogP contribution >= 0.6 is 11.8 Å². The number of aromatic amines is 1. The molecule has 0 radical (unpaired) electrons. The number of ether oxygens (including phenoxy) is 1. The van der Waals surface area contributed by atoms with Gasteiger partial charge in [-0.3, -0.25) is 9.89 Å². The molecule has 0 unspecified atom stereocenters. The summed E-state index contributed by atoms with van der Waals surface area (Å²) < 4.78 is 18.4. The number of methoxy groups -OCH3 is 1. The zero-order chi connectivity index (χ0) is 21.6. The molecule has 0 saturated carbocycles. The van der Waals surface area contributed by atoms with Crippen molar-refractivity contribution in [3.8, 4) is 17.1 Å². The number of rotatable bonds is 7. The highest BCUT2D eigenvalue weighted by Gasteiger charge is 2.24. The summed E-state index contributed by atoms with van der Waals surface area (Å²) >= 11 is 1.23. The van der Waals surface area contributed by atoms with Gasteiger partial charge >= 0.3 is 0 Å². The third-order valence-corrected chi connectivity index (χ3v) is 5.62. The second kappa shape index (κ2) is 9.44. The minimum atomic E-state index is -0.592. The van der Waals surface area contributed by atoms with Crippen LogP contribution in [0.4, 0.5) is 10.1 Å². The van der Waals surface area contributed by atoms with Crippen molar-refractivity contribution in [2.24, 2.45) is 0 Å². The quantitative estimate of drug-likeness (QED) is 0.396. The summed E-state index contributed by atoms with van der Waals surface area (Å²) in [6.07, 6.45) is 0. The highest BCUT2D eigenvalue weighted by Crippen LogP contribution is 2.35. The average Bonchev–Trinajstić information content (AvgIpc) is 3.28. The molecule has 2 N–H and O–H groups in total. The predicted molar refractivity (Wildman–Crippen MR) is 118 cm³/mol. The summed E-state index contributed by atoms with van der Waals surface area (Å²) in [5, 5.41) is 9.86. The molecular formula is C23H19FN4O2S. The number of hydrogen-bond acceptors (Lipinski definition) is 5. The first-order chi connectivity index (χ1) is 15.1. The van der Waals surface area contributed by atoms with Gasteiger partial charge in [-0.05, 0) is 54.1 Å². The fourth-order valence-electron chi connectivity index (χ4n) is 2.92. The normalized spacial score (nSPS) is 11.7. The average molecular weight is 434 g/mol. The number of nitrogens with zero attached hydrogens (tertiary/aromatic N) is 2. The number of anilines is 1. The van der Waals surface area contributed by atoms with Crippen LogP contribution in [0.1, 0.15) is 10.8 Å². The Kier molecular flexibility index (Phi) is 6.28. The lowest BCUT2D eigenvalue weighted by molar-refractivity contribution is -0.115. The van der Waals surface area contributed by atoms with Crippen molar-refractivity contribution in [2.75, 3.05) is 12.4 Å². The second-order valence-electron chi connectivity index (χ2n) is 6.60. The molecule has 156 valence electrons. The molecular weight excluding hydrogens is 415 g/mol. The molecule has 8 heteroatoms. The van der Waals surface area contributed by atoms with E-state index in [2.05, 4.69) is 20.5 Å². The van der Waals surface area contributed by atoms with Gasteiger partial charge in [0, 0.05) is 11.3 Å². The molecule has 1 atom stereocenters. The number of thioether (sulfide) groups is 1. The predicted octanol–water partition coefficient (Wildman–Crippen LogP) is 5.09. The van der Waals surface area contributed by atoms with Crippen molar-refractivity contribution in [1.82, 2.24) is 15.2 Å². The van der Waals surface area contributed by atoms with Gasteiger partial charge in [-0.15, -0.1) is 5.10 Å². The van der Waals surface area contributed by atoms with Crippen LogP contribution in [0.15, 0.2) is 84.0 Å². The van der Waals surface area contributed by atoms with Crippen molar-refractivity contribution >= 4 is 23.4 Å². The van der Waals surface area contributed by atoms with E-state index < -0.39 is 5.25 Å². The second-order valence-corrected chi connectivity index (χ2v) is 7.67. The van der Waals surface area contributed by atoms with Crippen LogP contribution in [0.5, 0.6) is 5.75 Å². The number of amides is 1. The third-order valence-electron chi connectivity index (χ3n) is 4.50. The number of carbonyl (C=O) groups is 1. The molecule has 0 aliphatic carbocycles. The van der Waals surface area contributed by atoms with Crippen molar-refractivity contribution in [2.45, 2.75) is 10.4 Å². The third kappa shape index (κ3) is 5.10. The number of aromatic nitrogens is 3. The number of nitrogens with one attached hydrogen (secondary N) is 2. The molecule has 1 aromatic heterocycles. The Balaban J connectivity index is 1.55. The van der Waals surface area contributed by atoms with E-state index in [9.17, 15) is 9.18 Å². The first kappa shape index (κ1) is 20.6. The molecule has 31 heavy (non-hydrogen) atoms. The van der Waals surface area contributed by atoms with Crippen molar-refractivity contribution in [3.05, 3.63) is 90.2 Å². The van der Waals surface area contributed by atoms with Gasteiger partial charge in [-0.25, -0.2) is 9.37 Å². The maximum atomic E-state index is 13.2. The van der Waals surface area contributed by atoms with E-state index in [1.807, 2.05) is 54.6 Å². The standard InChI is InChI=1S/C23H19FN4O2S/c1-30-19-13-7-16(8-14-19)21-26-23(28-27-21)31-20(15-5-3-2-4-6-15)22(29)25-18-11-9-17(24)10-12-18/h2-14,20H,1H3,(H,25,29)(H,26,27,28)/t20-/m0/s1. The van der Waals surface area contributed by atoms with Gasteiger partial charge in [0.1, 0.15) is 16.8 Å². The largest absolute Gasteiger partial charge is 0.497 e. The maximum absolute atomic E-state index is 13.2. The Hall–Kier alpha value is -3.65. The van der Waals surface area contributed by atoms with Crippen LogP contribution in [0.3, 0.4) is 0 Å². The lowest BCUT2D eigenvalue weighted by atomic mass is 10.1. The molecule has 0 spiro atoms. The minimum absolute atomic E-state index is 0.251. The van der Waals surface area contributed by atoms with Gasteiger partial charge in [-0.2, -0.15) is 0 Å². The maximum Gasteiger partial charge on any atom is 0.242 e. The van der Waals surface area contributed by atoms with E-state index in [-0.39, 0.29) is 11.7 Å². The lowest BCUT2D eigenvalue weighted by Gasteiger charge is -2.15. The molecule has 1 heterocycles. The number of H-pyrrole nitrogens is 1. The molecule has 0 aliphatic rings. The summed E-state index contributed by atoms with van der Waals surface area (Å²) in [5.74, 6) is 0.729. The molecule has 3 aromatic carbocycles. The van der Waals surface area contributed by atoms with E-state index in [4.69, 9.17) is 4.74 Å². The smallest absolute Gasteiger partial charge is 0.242 e. The molecule has 4 aromatic rings. The fraction of sp³-hybridized carbons (Fsp3) is 0.0870. The molecule has 4 rings (SSSR count). The Bertz CT molecular complexity index is 1150. The molecule has 1 amide bonds. The van der Waals surface area contributed by atoms with Gasteiger partial charge in [0.15, 0.2) is 5.82 Å². The summed E-state index contributed by atoms with van der Waals surface area (Å²) in [6.45, 7) is 0.